The first-order valence-electron chi connectivity index (χ1n) is 7.19. The van der Waals surface area contributed by atoms with Gasteiger partial charge in [-0.3, -0.25) is 0 Å². The Bertz CT molecular complexity index is 448. The Balaban J connectivity index is 1.81. The first kappa shape index (κ1) is 14.1. The Kier molecular flexibility index (Phi) is 5.10. The molecule has 1 aliphatic heterocycles. The fourth-order valence-corrected chi connectivity index (χ4v) is 4.74. The maximum absolute atomic E-state index is 2.34. The predicted octanol–water partition coefficient (Wildman–Crippen LogP) is 5.09. The van der Waals surface area contributed by atoms with Gasteiger partial charge in [-0.15, -0.1) is 0 Å². The number of thioether (sulfide) groups is 2. The Labute approximate surface area is 130 Å². The number of allylic oxidation sites excluding steroid dienone is 8. The van der Waals surface area contributed by atoms with Gasteiger partial charge in [-0.25, -0.2) is 0 Å². The van der Waals surface area contributed by atoms with Crippen molar-refractivity contribution in [1.82, 2.24) is 0 Å². The van der Waals surface area contributed by atoms with E-state index < -0.39 is 0 Å². The summed E-state index contributed by atoms with van der Waals surface area (Å²) in [7, 11) is 0. The van der Waals surface area contributed by atoms with Crippen molar-refractivity contribution in [3.05, 3.63) is 70.9 Å². The van der Waals surface area contributed by atoms with Crippen LogP contribution in [0.5, 0.6) is 0 Å². The van der Waals surface area contributed by atoms with E-state index in [1.165, 1.54) is 22.3 Å². The molecule has 0 aromatic rings. The van der Waals surface area contributed by atoms with Crippen LogP contribution in [-0.4, -0.2) is 23.0 Å². The molecular formula is C18H20S2. The van der Waals surface area contributed by atoms with Crippen molar-refractivity contribution in [3.8, 4) is 0 Å². The highest BCUT2D eigenvalue weighted by atomic mass is 32.2. The van der Waals surface area contributed by atoms with Gasteiger partial charge in [0.2, 0.25) is 0 Å². The summed E-state index contributed by atoms with van der Waals surface area (Å²) in [6.45, 7) is 0. The molecule has 0 aromatic carbocycles. The molecule has 2 aliphatic carbocycles. The van der Waals surface area contributed by atoms with E-state index in [9.17, 15) is 0 Å². The van der Waals surface area contributed by atoms with E-state index in [0.29, 0.717) is 0 Å². The molecule has 0 aromatic heterocycles. The van der Waals surface area contributed by atoms with Crippen LogP contribution < -0.4 is 0 Å². The highest BCUT2D eigenvalue weighted by Gasteiger charge is 2.11. The smallest absolute Gasteiger partial charge is 0.0190 e. The molecule has 2 heteroatoms. The average molecular weight is 300 g/mol. The second-order valence-electron chi connectivity index (χ2n) is 5.17. The van der Waals surface area contributed by atoms with Crippen LogP contribution in [0, 0.1) is 0 Å². The normalized spacial score (nSPS) is 23.2. The van der Waals surface area contributed by atoms with E-state index in [2.05, 4.69) is 48.6 Å². The molecule has 0 atom stereocenters. The molecule has 0 amide bonds. The highest BCUT2D eigenvalue weighted by molar-refractivity contribution is 8.00. The van der Waals surface area contributed by atoms with Gasteiger partial charge in [0.25, 0.3) is 0 Å². The second-order valence-corrected chi connectivity index (χ2v) is 7.14. The van der Waals surface area contributed by atoms with Crippen molar-refractivity contribution in [1.29, 1.82) is 0 Å². The van der Waals surface area contributed by atoms with E-state index >= 15 is 0 Å². The van der Waals surface area contributed by atoms with Crippen LogP contribution in [0.4, 0.5) is 0 Å². The van der Waals surface area contributed by atoms with Gasteiger partial charge in [-0.2, -0.15) is 23.5 Å². The van der Waals surface area contributed by atoms with Crippen molar-refractivity contribution < 1.29 is 0 Å². The molecule has 0 saturated heterocycles. The molecule has 1 heterocycles. The number of hydrogen-bond acceptors (Lipinski definition) is 2. The van der Waals surface area contributed by atoms with Gasteiger partial charge >= 0.3 is 0 Å². The third kappa shape index (κ3) is 3.62. The van der Waals surface area contributed by atoms with Crippen LogP contribution in [0.3, 0.4) is 0 Å². The van der Waals surface area contributed by atoms with E-state index in [4.69, 9.17) is 0 Å². The zero-order valence-electron chi connectivity index (χ0n) is 11.7. The molecule has 0 nitrogen and oxygen atoms in total. The summed E-state index contributed by atoms with van der Waals surface area (Å²) in [5, 5.41) is 0. The quantitative estimate of drug-likeness (QED) is 0.611. The molecule has 104 valence electrons. The molecule has 0 fully saturated rings. The average Bonchev–Trinajstić information content (AvgIpc) is 2.81. The maximum atomic E-state index is 2.34. The summed E-state index contributed by atoms with van der Waals surface area (Å²) in [6, 6.07) is 0. The molecule has 3 aliphatic rings. The lowest BCUT2D eigenvalue weighted by Crippen LogP contribution is -2.01. The Morgan fingerprint density at radius 3 is 1.10 bits per heavy atom. The zero-order valence-corrected chi connectivity index (χ0v) is 13.3. The summed E-state index contributed by atoms with van der Waals surface area (Å²) < 4.78 is 0. The van der Waals surface area contributed by atoms with Crippen LogP contribution in [-0.2, 0) is 0 Å². The van der Waals surface area contributed by atoms with Gasteiger partial charge in [0, 0.05) is 23.0 Å². The zero-order chi connectivity index (χ0) is 13.6. The number of hydrogen-bond donors (Lipinski definition) is 0. The van der Waals surface area contributed by atoms with Crippen molar-refractivity contribution in [2.24, 2.45) is 0 Å². The minimum Gasteiger partial charge on any atom is -0.152 e. The standard InChI is InChI=1S/C18H20S2/c1-3-7-15-11-19-13-17-9-5-2-6-10-18(17)14-20-12-16(15)8-4-1/h3-10H,1-2,11-14H2. The van der Waals surface area contributed by atoms with E-state index in [1.807, 2.05) is 23.5 Å². The van der Waals surface area contributed by atoms with Gasteiger partial charge in [-0.1, -0.05) is 48.6 Å². The summed E-state index contributed by atoms with van der Waals surface area (Å²) >= 11 is 4.09. The molecular weight excluding hydrogens is 280 g/mol. The number of rotatable bonds is 0. The molecule has 3 rings (SSSR count). The van der Waals surface area contributed by atoms with Gasteiger partial charge < -0.3 is 0 Å². The Morgan fingerprint density at radius 2 is 0.800 bits per heavy atom. The molecule has 0 bridgehead atoms. The predicted molar refractivity (Wildman–Crippen MR) is 94.5 cm³/mol. The highest BCUT2D eigenvalue weighted by Crippen LogP contribution is 2.28. The fourth-order valence-electron chi connectivity index (χ4n) is 2.53. The van der Waals surface area contributed by atoms with Crippen molar-refractivity contribution in [2.45, 2.75) is 12.8 Å². The van der Waals surface area contributed by atoms with Gasteiger partial charge in [-0.05, 0) is 35.1 Å². The molecule has 0 N–H and O–H groups in total. The van der Waals surface area contributed by atoms with Crippen LogP contribution in [0.25, 0.3) is 0 Å². The lowest BCUT2D eigenvalue weighted by Gasteiger charge is -2.14. The SMILES string of the molecule is C1=CC2=C(C=CC1)CSCC1=C(C=CCC=C1)CSC2. The maximum Gasteiger partial charge on any atom is 0.0190 e. The molecule has 0 saturated carbocycles. The third-order valence-electron chi connectivity index (χ3n) is 3.68. The van der Waals surface area contributed by atoms with Crippen molar-refractivity contribution in [3.63, 3.8) is 0 Å². The Morgan fingerprint density at radius 1 is 0.500 bits per heavy atom. The van der Waals surface area contributed by atoms with E-state index in [1.54, 1.807) is 0 Å². The first-order chi connectivity index (χ1) is 9.93. The monoisotopic (exact) mass is 300 g/mol. The van der Waals surface area contributed by atoms with E-state index in [0.717, 1.165) is 35.9 Å². The van der Waals surface area contributed by atoms with Gasteiger partial charge in [0.1, 0.15) is 0 Å². The topological polar surface area (TPSA) is 0 Å². The minimum absolute atomic E-state index is 1.07. The largest absolute Gasteiger partial charge is 0.152 e. The fraction of sp³-hybridized carbons (Fsp3) is 0.333. The van der Waals surface area contributed by atoms with E-state index in [-0.39, 0.29) is 0 Å². The summed E-state index contributed by atoms with van der Waals surface area (Å²) in [4.78, 5) is 0. The second kappa shape index (κ2) is 7.24. The lowest BCUT2D eigenvalue weighted by molar-refractivity contribution is 1.36. The van der Waals surface area contributed by atoms with Crippen LogP contribution in [0.1, 0.15) is 12.8 Å². The molecule has 0 unspecified atom stereocenters. The lowest BCUT2D eigenvalue weighted by atomic mass is 10.1. The molecule has 20 heavy (non-hydrogen) atoms. The van der Waals surface area contributed by atoms with Crippen LogP contribution >= 0.6 is 23.5 Å². The van der Waals surface area contributed by atoms with Crippen molar-refractivity contribution >= 4 is 23.5 Å². The van der Waals surface area contributed by atoms with Crippen molar-refractivity contribution in [2.75, 3.05) is 23.0 Å². The van der Waals surface area contributed by atoms with Crippen LogP contribution in [0.15, 0.2) is 70.9 Å². The van der Waals surface area contributed by atoms with Gasteiger partial charge in [0.15, 0.2) is 0 Å². The molecule has 0 radical (unpaired) electrons. The Hall–Kier alpha value is -0.860. The summed E-state index contributed by atoms with van der Waals surface area (Å²) in [5.74, 6) is 4.52. The summed E-state index contributed by atoms with van der Waals surface area (Å²) in [5.41, 5.74) is 6.09. The van der Waals surface area contributed by atoms with Gasteiger partial charge in [0.05, 0.1) is 0 Å². The van der Waals surface area contributed by atoms with Crippen LogP contribution in [0.2, 0.25) is 0 Å². The molecule has 0 spiro atoms. The third-order valence-corrected chi connectivity index (χ3v) is 5.74. The summed E-state index contributed by atoms with van der Waals surface area (Å²) in [6.07, 6.45) is 20.6. The first-order valence-corrected chi connectivity index (χ1v) is 9.50. The minimum atomic E-state index is 1.07.